The molecule has 0 aromatic heterocycles. The van der Waals surface area contributed by atoms with Crippen LogP contribution >= 0.6 is 0 Å². The topological polar surface area (TPSA) is 128 Å². The Bertz CT molecular complexity index is 1170. The van der Waals surface area contributed by atoms with E-state index in [0.717, 1.165) is 0 Å². The SMILES string of the molecule is CC(C)COC(=O)c1ccc(NC(=O)COC(=O)[C@@H]2CC(=O)N(c3ccc(C(=O)OC(C)C)cc3)C2)cc1. The third kappa shape index (κ3) is 7.89. The van der Waals surface area contributed by atoms with Crippen molar-refractivity contribution >= 4 is 41.1 Å². The van der Waals surface area contributed by atoms with E-state index in [0.29, 0.717) is 29.1 Å². The number of rotatable bonds is 10. The molecule has 1 atom stereocenters. The highest BCUT2D eigenvalue weighted by molar-refractivity contribution is 6.00. The first-order valence-corrected chi connectivity index (χ1v) is 12.4. The quantitative estimate of drug-likeness (QED) is 0.369. The average molecular weight is 525 g/mol. The van der Waals surface area contributed by atoms with Crippen molar-refractivity contribution in [2.75, 3.05) is 30.0 Å². The maximum Gasteiger partial charge on any atom is 0.338 e. The number of esters is 3. The molecule has 1 saturated heterocycles. The summed E-state index contributed by atoms with van der Waals surface area (Å²) in [7, 11) is 0. The van der Waals surface area contributed by atoms with Gasteiger partial charge in [-0.05, 0) is 68.3 Å². The van der Waals surface area contributed by atoms with Crippen molar-refractivity contribution in [1.29, 1.82) is 0 Å². The van der Waals surface area contributed by atoms with Gasteiger partial charge in [-0.15, -0.1) is 0 Å². The Morgan fingerprint density at radius 2 is 1.50 bits per heavy atom. The molecule has 0 unspecified atom stereocenters. The van der Waals surface area contributed by atoms with Gasteiger partial charge in [0.05, 0.1) is 29.8 Å². The Balaban J connectivity index is 1.47. The lowest BCUT2D eigenvalue weighted by Crippen LogP contribution is -2.28. The molecule has 1 N–H and O–H groups in total. The summed E-state index contributed by atoms with van der Waals surface area (Å²) in [6, 6.07) is 12.5. The summed E-state index contributed by atoms with van der Waals surface area (Å²) in [4.78, 5) is 62.7. The molecule has 1 fully saturated rings. The maximum absolute atomic E-state index is 12.5. The lowest BCUT2D eigenvalue weighted by molar-refractivity contribution is -0.151. The Morgan fingerprint density at radius 3 is 2.11 bits per heavy atom. The number of hydrogen-bond donors (Lipinski definition) is 1. The second kappa shape index (κ2) is 12.8. The van der Waals surface area contributed by atoms with Gasteiger partial charge in [0.2, 0.25) is 5.91 Å². The maximum atomic E-state index is 12.5. The number of anilines is 2. The van der Waals surface area contributed by atoms with Crippen molar-refractivity contribution in [2.45, 2.75) is 40.2 Å². The highest BCUT2D eigenvalue weighted by Crippen LogP contribution is 2.26. The average Bonchev–Trinajstić information content (AvgIpc) is 3.27. The standard InChI is InChI=1S/C28H32N2O8/c1-17(2)15-36-26(33)19-5-9-22(10-6-19)29-24(31)16-37-27(34)21-13-25(32)30(14-21)23-11-7-20(8-12-23)28(35)38-18(3)4/h5-12,17-18,21H,13-16H2,1-4H3,(H,29,31)/t21-/m1/s1. The number of nitrogens with one attached hydrogen (secondary N) is 1. The Hall–Kier alpha value is -4.21. The fraction of sp³-hybridized carbons (Fsp3) is 0.393. The van der Waals surface area contributed by atoms with Gasteiger partial charge in [-0.25, -0.2) is 9.59 Å². The van der Waals surface area contributed by atoms with Crippen LogP contribution < -0.4 is 10.2 Å². The first-order valence-electron chi connectivity index (χ1n) is 12.4. The smallest absolute Gasteiger partial charge is 0.338 e. The summed E-state index contributed by atoms with van der Waals surface area (Å²) in [5.74, 6) is -2.89. The first kappa shape index (κ1) is 28.4. The molecule has 1 aliphatic heterocycles. The van der Waals surface area contributed by atoms with E-state index < -0.39 is 36.3 Å². The molecule has 2 amide bonds. The van der Waals surface area contributed by atoms with E-state index in [4.69, 9.17) is 14.2 Å². The third-order valence-corrected chi connectivity index (χ3v) is 5.51. The highest BCUT2D eigenvalue weighted by atomic mass is 16.5. The van der Waals surface area contributed by atoms with E-state index in [2.05, 4.69) is 5.32 Å². The summed E-state index contributed by atoms with van der Waals surface area (Å²) in [6.45, 7) is 7.28. The highest BCUT2D eigenvalue weighted by Gasteiger charge is 2.36. The predicted octanol–water partition coefficient (Wildman–Crippen LogP) is 3.60. The zero-order valence-electron chi connectivity index (χ0n) is 21.9. The van der Waals surface area contributed by atoms with Crippen LogP contribution in [0.2, 0.25) is 0 Å². The molecule has 38 heavy (non-hydrogen) atoms. The van der Waals surface area contributed by atoms with Crippen LogP contribution in [0.25, 0.3) is 0 Å². The van der Waals surface area contributed by atoms with E-state index in [1.54, 1.807) is 50.2 Å². The lowest BCUT2D eigenvalue weighted by Gasteiger charge is -2.17. The van der Waals surface area contributed by atoms with Crippen LogP contribution in [0.5, 0.6) is 0 Å². The molecule has 3 rings (SSSR count). The van der Waals surface area contributed by atoms with Crippen molar-refractivity contribution in [3.8, 4) is 0 Å². The van der Waals surface area contributed by atoms with E-state index in [9.17, 15) is 24.0 Å². The number of amides is 2. The minimum atomic E-state index is -0.725. The van der Waals surface area contributed by atoms with Crippen LogP contribution in [0.1, 0.15) is 54.8 Å². The van der Waals surface area contributed by atoms with Gasteiger partial charge < -0.3 is 24.4 Å². The summed E-state index contributed by atoms with van der Waals surface area (Å²) >= 11 is 0. The normalized spacial score (nSPS) is 14.9. The van der Waals surface area contributed by atoms with E-state index >= 15 is 0 Å². The largest absolute Gasteiger partial charge is 0.462 e. The van der Waals surface area contributed by atoms with Crippen molar-refractivity contribution < 1.29 is 38.2 Å². The molecule has 0 aliphatic carbocycles. The van der Waals surface area contributed by atoms with Crippen LogP contribution in [0.4, 0.5) is 11.4 Å². The van der Waals surface area contributed by atoms with Crippen LogP contribution in [-0.2, 0) is 28.6 Å². The second-order valence-electron chi connectivity index (χ2n) is 9.63. The lowest BCUT2D eigenvalue weighted by atomic mass is 10.1. The van der Waals surface area contributed by atoms with Gasteiger partial charge in [0, 0.05) is 24.3 Å². The first-order chi connectivity index (χ1) is 18.0. The molecule has 1 aliphatic rings. The van der Waals surface area contributed by atoms with Gasteiger partial charge in [-0.3, -0.25) is 14.4 Å². The number of benzene rings is 2. The molecular weight excluding hydrogens is 492 g/mol. The Labute approximate surface area is 221 Å². The summed E-state index contributed by atoms with van der Waals surface area (Å²) < 4.78 is 15.4. The monoisotopic (exact) mass is 524 g/mol. The number of carbonyl (C=O) groups is 5. The van der Waals surface area contributed by atoms with Gasteiger partial charge in [-0.1, -0.05) is 13.8 Å². The van der Waals surface area contributed by atoms with Crippen molar-refractivity contribution in [2.24, 2.45) is 11.8 Å². The molecule has 2 aromatic rings. The zero-order chi connectivity index (χ0) is 27.8. The van der Waals surface area contributed by atoms with Crippen molar-refractivity contribution in [3.63, 3.8) is 0 Å². The van der Waals surface area contributed by atoms with Gasteiger partial charge in [-0.2, -0.15) is 0 Å². The van der Waals surface area contributed by atoms with Crippen LogP contribution in [0.15, 0.2) is 48.5 Å². The van der Waals surface area contributed by atoms with E-state index in [1.165, 1.54) is 17.0 Å². The summed E-state index contributed by atoms with van der Waals surface area (Å²) in [6.07, 6.45) is -0.298. The number of ether oxygens (including phenoxy) is 3. The van der Waals surface area contributed by atoms with Crippen molar-refractivity contribution in [1.82, 2.24) is 0 Å². The molecule has 202 valence electrons. The summed E-state index contributed by atoms with van der Waals surface area (Å²) in [5, 5.41) is 2.59. The number of carbonyl (C=O) groups excluding carboxylic acids is 5. The number of nitrogens with zero attached hydrogens (tertiary/aromatic N) is 1. The summed E-state index contributed by atoms with van der Waals surface area (Å²) in [5.41, 5.74) is 1.68. The minimum absolute atomic E-state index is 0.0496. The molecule has 0 saturated carbocycles. The minimum Gasteiger partial charge on any atom is -0.462 e. The van der Waals surface area contributed by atoms with Gasteiger partial charge in [0.1, 0.15) is 0 Å². The molecule has 2 aromatic carbocycles. The van der Waals surface area contributed by atoms with E-state index in [-0.39, 0.29) is 30.9 Å². The van der Waals surface area contributed by atoms with Crippen LogP contribution in [0, 0.1) is 11.8 Å². The molecule has 10 heteroatoms. The van der Waals surface area contributed by atoms with Crippen molar-refractivity contribution in [3.05, 3.63) is 59.7 Å². The third-order valence-electron chi connectivity index (χ3n) is 5.51. The fourth-order valence-electron chi connectivity index (χ4n) is 3.64. The molecule has 1 heterocycles. The van der Waals surface area contributed by atoms with Gasteiger partial charge in [0.15, 0.2) is 6.61 Å². The molecule has 0 spiro atoms. The number of hydrogen-bond acceptors (Lipinski definition) is 8. The molecular formula is C28H32N2O8. The van der Waals surface area contributed by atoms with Gasteiger partial charge in [0.25, 0.3) is 5.91 Å². The molecule has 10 nitrogen and oxygen atoms in total. The Morgan fingerprint density at radius 1 is 0.895 bits per heavy atom. The predicted molar refractivity (Wildman–Crippen MR) is 139 cm³/mol. The Kier molecular flexibility index (Phi) is 9.59. The zero-order valence-corrected chi connectivity index (χ0v) is 21.9. The van der Waals surface area contributed by atoms with Gasteiger partial charge >= 0.3 is 17.9 Å². The molecule has 0 radical (unpaired) electrons. The molecule has 0 bridgehead atoms. The van der Waals surface area contributed by atoms with Crippen LogP contribution in [0.3, 0.4) is 0 Å². The second-order valence-corrected chi connectivity index (χ2v) is 9.63. The fourth-order valence-corrected chi connectivity index (χ4v) is 3.64. The van der Waals surface area contributed by atoms with E-state index in [1.807, 2.05) is 13.8 Å². The van der Waals surface area contributed by atoms with Crippen LogP contribution in [-0.4, -0.2) is 55.6 Å².